The highest BCUT2D eigenvalue weighted by molar-refractivity contribution is 5.82. The lowest BCUT2D eigenvalue weighted by Crippen LogP contribution is -2.47. The molecular weight excluding hydrogens is 616 g/mol. The molecule has 0 aromatic rings. The fraction of sp³-hybridized carbons (Fsp3) is 0.909. The minimum Gasteiger partial charge on any atom is -0.481 e. The van der Waals surface area contributed by atoms with Crippen LogP contribution in [0.4, 0.5) is 0 Å². The van der Waals surface area contributed by atoms with Crippen LogP contribution >= 0.6 is 0 Å². The summed E-state index contributed by atoms with van der Waals surface area (Å²) in [6, 6.07) is -2.19. The number of carboxylic acid groups (broad SMARTS) is 2. The summed E-state index contributed by atoms with van der Waals surface area (Å²) in [5, 5.41) is 42.5. The van der Waals surface area contributed by atoms with Crippen molar-refractivity contribution in [3.05, 3.63) is 20.2 Å². The molecular formula is C33H52N2O12. The van der Waals surface area contributed by atoms with Crippen LogP contribution in [0, 0.1) is 67.6 Å². The van der Waals surface area contributed by atoms with E-state index in [2.05, 4.69) is 6.92 Å². The van der Waals surface area contributed by atoms with E-state index in [1.165, 1.54) is 0 Å². The molecule has 47 heavy (non-hydrogen) atoms. The van der Waals surface area contributed by atoms with E-state index in [1.54, 1.807) is 0 Å². The quantitative estimate of drug-likeness (QED) is 0.101. The van der Waals surface area contributed by atoms with Crippen molar-refractivity contribution in [2.75, 3.05) is 6.61 Å². The molecule has 12 unspecified atom stereocenters. The van der Waals surface area contributed by atoms with E-state index >= 15 is 0 Å². The Kier molecular flexibility index (Phi) is 13.4. The van der Waals surface area contributed by atoms with Gasteiger partial charge >= 0.3 is 17.9 Å². The molecule has 266 valence electrons. The minimum absolute atomic E-state index is 0.103. The molecule has 4 rings (SSSR count). The van der Waals surface area contributed by atoms with E-state index in [0.29, 0.717) is 43.9 Å². The second-order valence-corrected chi connectivity index (χ2v) is 14.5. The van der Waals surface area contributed by atoms with Crippen molar-refractivity contribution >= 4 is 17.9 Å². The van der Waals surface area contributed by atoms with Crippen LogP contribution in [0.15, 0.2) is 0 Å². The predicted molar refractivity (Wildman–Crippen MR) is 166 cm³/mol. The van der Waals surface area contributed by atoms with E-state index in [4.69, 9.17) is 14.5 Å². The lowest BCUT2D eigenvalue weighted by atomic mass is 9.70. The minimum atomic E-state index is -1.27. The normalized spacial score (nSPS) is 37.8. The molecule has 0 aromatic heterocycles. The highest BCUT2D eigenvalue weighted by atomic mass is 17.2. The molecule has 4 fully saturated rings. The maximum absolute atomic E-state index is 13.2. The lowest BCUT2D eigenvalue weighted by molar-refractivity contribution is -0.541. The fourth-order valence-electron chi connectivity index (χ4n) is 9.19. The van der Waals surface area contributed by atoms with E-state index < -0.39 is 58.6 Å². The highest BCUT2D eigenvalue weighted by Crippen LogP contribution is 2.43. The molecule has 0 spiro atoms. The molecule has 12 atom stereocenters. The van der Waals surface area contributed by atoms with E-state index in [1.807, 2.05) is 6.92 Å². The number of aliphatic carboxylic acids is 2. The Morgan fingerprint density at radius 2 is 1.26 bits per heavy atom. The molecule has 0 aromatic carbocycles. The molecule has 0 radical (unpaired) electrons. The number of hydrogen-bond acceptors (Lipinski definition) is 10. The molecule has 14 heteroatoms. The highest BCUT2D eigenvalue weighted by Gasteiger charge is 2.50. The lowest BCUT2D eigenvalue weighted by Gasteiger charge is -2.40. The first-order chi connectivity index (χ1) is 22.4. The summed E-state index contributed by atoms with van der Waals surface area (Å²) < 4.78 is 5.90. The second-order valence-electron chi connectivity index (χ2n) is 14.5. The first-order valence-corrected chi connectivity index (χ1v) is 17.7. The summed E-state index contributed by atoms with van der Waals surface area (Å²) in [6.07, 6.45) is 9.26. The Bertz CT molecular complexity index is 1080. The van der Waals surface area contributed by atoms with Gasteiger partial charge in [0.2, 0.25) is 12.1 Å². The number of nitrogens with zero attached hydrogens (tertiary/aromatic N) is 2. The summed E-state index contributed by atoms with van der Waals surface area (Å²) in [5.41, 5.74) is 0. The largest absolute Gasteiger partial charge is 0.481 e. The monoisotopic (exact) mass is 668 g/mol. The van der Waals surface area contributed by atoms with Crippen LogP contribution in [-0.4, -0.2) is 68.9 Å². The molecule has 0 bridgehead atoms. The number of nitro groups is 2. The topological polar surface area (TPSA) is 206 Å². The van der Waals surface area contributed by atoms with Gasteiger partial charge in [-0.25, -0.2) is 9.78 Å². The van der Waals surface area contributed by atoms with Crippen molar-refractivity contribution in [3.63, 3.8) is 0 Å². The van der Waals surface area contributed by atoms with Gasteiger partial charge in [0.1, 0.15) is 12.0 Å². The molecule has 4 saturated carbocycles. The number of carbonyl (C=O) groups excluding carboxylic acids is 1. The Hall–Kier alpha value is -2.87. The van der Waals surface area contributed by atoms with Gasteiger partial charge in [0.25, 0.3) is 0 Å². The summed E-state index contributed by atoms with van der Waals surface area (Å²) in [7, 11) is 0. The number of carbonyl (C=O) groups is 3. The smallest absolute Gasteiger partial charge is 0.317 e. The van der Waals surface area contributed by atoms with Crippen LogP contribution in [0.3, 0.4) is 0 Å². The Labute approximate surface area is 275 Å². The van der Waals surface area contributed by atoms with E-state index in [0.717, 1.165) is 51.4 Å². The van der Waals surface area contributed by atoms with Crippen LogP contribution in [0.5, 0.6) is 0 Å². The van der Waals surface area contributed by atoms with Gasteiger partial charge < -0.3 is 14.9 Å². The molecule has 14 nitrogen and oxygen atoms in total. The van der Waals surface area contributed by atoms with E-state index in [-0.39, 0.29) is 48.4 Å². The first kappa shape index (κ1) is 37.0. The molecule has 0 aliphatic heterocycles. The molecule has 2 N–H and O–H groups in total. The average molecular weight is 669 g/mol. The van der Waals surface area contributed by atoms with Crippen molar-refractivity contribution in [1.82, 2.24) is 0 Å². The van der Waals surface area contributed by atoms with Gasteiger partial charge in [-0.05, 0) is 101 Å². The van der Waals surface area contributed by atoms with E-state index in [9.17, 15) is 44.8 Å². The molecule has 0 amide bonds. The van der Waals surface area contributed by atoms with Crippen molar-refractivity contribution < 1.29 is 49.0 Å². The zero-order valence-corrected chi connectivity index (χ0v) is 27.6. The Balaban J connectivity index is 1.27. The third kappa shape index (κ3) is 9.18. The Morgan fingerprint density at radius 3 is 1.81 bits per heavy atom. The maximum atomic E-state index is 13.2. The van der Waals surface area contributed by atoms with Crippen LogP contribution in [0.2, 0.25) is 0 Å². The van der Waals surface area contributed by atoms with Gasteiger partial charge in [0.15, 0.2) is 0 Å². The van der Waals surface area contributed by atoms with Crippen LogP contribution in [0.1, 0.15) is 110 Å². The van der Waals surface area contributed by atoms with Crippen LogP contribution in [-0.2, 0) is 28.9 Å². The second kappa shape index (κ2) is 17.0. The van der Waals surface area contributed by atoms with Gasteiger partial charge in [-0.1, -0.05) is 20.3 Å². The van der Waals surface area contributed by atoms with Crippen LogP contribution in [0.25, 0.3) is 0 Å². The molecule has 0 saturated heterocycles. The summed E-state index contributed by atoms with van der Waals surface area (Å²) in [6.45, 7) is 4.03. The zero-order chi connectivity index (χ0) is 34.2. The number of carboxylic acids is 2. The van der Waals surface area contributed by atoms with Gasteiger partial charge in [-0.15, -0.1) is 0 Å². The predicted octanol–water partition coefficient (Wildman–Crippen LogP) is 5.55. The van der Waals surface area contributed by atoms with Gasteiger partial charge in [-0.3, -0.25) is 34.6 Å². The number of rotatable bonds is 14. The first-order valence-electron chi connectivity index (χ1n) is 17.7. The molecule has 4 aliphatic carbocycles. The summed E-state index contributed by atoms with van der Waals surface area (Å²) in [4.78, 5) is 70.6. The SMILES string of the molecule is CCC1CC(CC2CCC(OC(=O)C3C(C(=O)O)CCCC3[N+](=O)[O-])C(CC)C2)CCC1OOCC1C(C(=O)O)CCCC1[N+](=O)[O-]. The Morgan fingerprint density at radius 1 is 0.723 bits per heavy atom. The zero-order valence-electron chi connectivity index (χ0n) is 27.6. The van der Waals surface area contributed by atoms with Gasteiger partial charge in [-0.2, -0.15) is 0 Å². The summed E-state index contributed by atoms with van der Waals surface area (Å²) >= 11 is 0. The third-order valence-corrected chi connectivity index (χ3v) is 11.8. The number of hydrogen-bond donors (Lipinski definition) is 2. The van der Waals surface area contributed by atoms with Crippen molar-refractivity contribution in [3.8, 4) is 0 Å². The van der Waals surface area contributed by atoms with Gasteiger partial charge in [0, 0.05) is 22.7 Å². The molecule has 0 heterocycles. The number of esters is 1. The van der Waals surface area contributed by atoms with Crippen molar-refractivity contribution in [2.45, 2.75) is 134 Å². The third-order valence-electron chi connectivity index (χ3n) is 11.8. The maximum Gasteiger partial charge on any atom is 0.317 e. The summed E-state index contributed by atoms with van der Waals surface area (Å²) in [5.74, 6) is -5.63. The van der Waals surface area contributed by atoms with Crippen molar-refractivity contribution in [2.24, 2.45) is 47.3 Å². The average Bonchev–Trinajstić information content (AvgIpc) is 3.05. The van der Waals surface area contributed by atoms with Gasteiger partial charge in [0.05, 0.1) is 30.5 Å². The molecule has 4 aliphatic rings. The number of ether oxygens (including phenoxy) is 1. The fourth-order valence-corrected chi connectivity index (χ4v) is 9.19. The van der Waals surface area contributed by atoms with Crippen LogP contribution < -0.4 is 0 Å². The standard InChI is InChI=1S/C33H52N2O12/c1-3-21-16-19(11-13-28(21)46-33(40)30-24(32(38)39)8-6-10-27(30)35(43)44)15-20-12-14-29(22(4-2)17-20)47-45-18-25-23(31(36)37)7-5-9-26(25)34(41)42/h19-30H,3-18H2,1-2H3,(H,36,37)(H,38,39). The van der Waals surface area contributed by atoms with Crippen molar-refractivity contribution in [1.29, 1.82) is 0 Å².